The summed E-state index contributed by atoms with van der Waals surface area (Å²) in [6, 6.07) is 2.13. The summed E-state index contributed by atoms with van der Waals surface area (Å²) >= 11 is 5.51. The van der Waals surface area contributed by atoms with Crippen LogP contribution in [0.3, 0.4) is 0 Å². The Bertz CT molecular complexity index is 961. The normalized spacial score (nSPS) is 14.9. The van der Waals surface area contributed by atoms with E-state index in [1.165, 1.54) is 6.92 Å². The van der Waals surface area contributed by atoms with Crippen LogP contribution in [0.1, 0.15) is 5.56 Å². The highest BCUT2D eigenvalue weighted by atomic mass is 35.5. The number of nitrogens with one attached hydrogen (secondary N) is 1. The minimum Gasteiger partial charge on any atom is -0.321 e. The van der Waals surface area contributed by atoms with Gasteiger partial charge in [0.15, 0.2) is 0 Å². The second-order valence-electron chi connectivity index (χ2n) is 6.79. The highest BCUT2D eigenvalue weighted by Crippen LogP contribution is 2.62. The van der Waals surface area contributed by atoms with Gasteiger partial charge in [-0.2, -0.15) is 61.5 Å². The molecular weight excluding hydrogens is 562 g/mol. The number of hydrogen-bond donors (Lipinski definition) is 1. The number of aryl methyl sites for hydroxylation is 1. The molecule has 1 rings (SSSR count). The van der Waals surface area contributed by atoms with Gasteiger partial charge in [-0.15, -0.1) is 0 Å². The number of carbonyl (C=O) groups is 1. The Morgan fingerprint density at radius 1 is 0.743 bits per heavy atom. The maximum absolute atomic E-state index is 13.8. The summed E-state index contributed by atoms with van der Waals surface area (Å²) in [5, 5.41) is 0.451. The molecule has 0 saturated carbocycles. The predicted molar refractivity (Wildman–Crippen MR) is 85.5 cm³/mol. The molecule has 0 unspecified atom stereocenters. The van der Waals surface area contributed by atoms with E-state index in [0.29, 0.717) is 12.1 Å². The van der Waals surface area contributed by atoms with Crippen LogP contribution in [0.2, 0.25) is 5.02 Å². The number of amides is 1. The van der Waals surface area contributed by atoms with Crippen molar-refractivity contribution in [2.75, 3.05) is 5.32 Å². The fourth-order valence-electron chi connectivity index (χ4n) is 2.16. The second-order valence-corrected chi connectivity index (χ2v) is 7.20. The Morgan fingerprint density at radius 3 is 1.54 bits per heavy atom. The molecule has 0 atom stereocenters. The van der Waals surface area contributed by atoms with Crippen LogP contribution in [0.25, 0.3) is 0 Å². The first-order chi connectivity index (χ1) is 15.2. The topological polar surface area (TPSA) is 29.1 Å². The molecule has 0 aliphatic heterocycles. The van der Waals surface area contributed by atoms with Crippen molar-refractivity contribution in [1.29, 1.82) is 0 Å². The molecule has 0 radical (unpaired) electrons. The summed E-state index contributed by atoms with van der Waals surface area (Å²) in [5.41, 5.74) is -0.777. The van der Waals surface area contributed by atoms with Gasteiger partial charge >= 0.3 is 53.8 Å². The summed E-state index contributed by atoms with van der Waals surface area (Å²) < 4.78 is 212. The lowest BCUT2D eigenvalue weighted by Gasteiger charge is -2.42. The van der Waals surface area contributed by atoms with E-state index in [9.17, 15) is 75.0 Å². The fourth-order valence-corrected chi connectivity index (χ4v) is 2.34. The van der Waals surface area contributed by atoms with Crippen LogP contribution in [0.15, 0.2) is 18.2 Å². The van der Waals surface area contributed by atoms with Crippen LogP contribution in [-0.2, 0) is 4.79 Å². The van der Waals surface area contributed by atoms with E-state index < -0.39 is 59.5 Å². The van der Waals surface area contributed by atoms with Gasteiger partial charge in [-0.1, -0.05) is 17.7 Å². The van der Waals surface area contributed by atoms with Crippen molar-refractivity contribution in [2.24, 2.45) is 0 Å². The Balaban J connectivity index is 3.54. The third-order valence-electron chi connectivity index (χ3n) is 4.38. The molecular formula is C16H8ClF16NO. The third kappa shape index (κ3) is 4.34. The van der Waals surface area contributed by atoms with Crippen LogP contribution in [-0.4, -0.2) is 53.8 Å². The van der Waals surface area contributed by atoms with Crippen molar-refractivity contribution in [3.8, 4) is 0 Å². The number of halogens is 17. The van der Waals surface area contributed by atoms with Gasteiger partial charge in [-0.3, -0.25) is 4.79 Å². The highest BCUT2D eigenvalue weighted by Gasteiger charge is 2.94. The average Bonchev–Trinajstić information content (AvgIpc) is 2.69. The Kier molecular flexibility index (Phi) is 7.73. The molecule has 19 heteroatoms. The molecule has 0 bridgehead atoms. The molecule has 35 heavy (non-hydrogen) atoms. The molecule has 1 amide bonds. The number of anilines is 1. The largest absolute Gasteiger partial charge is 0.393 e. The van der Waals surface area contributed by atoms with Crippen LogP contribution in [0.4, 0.5) is 75.9 Å². The van der Waals surface area contributed by atoms with E-state index in [-0.39, 0.29) is 10.6 Å². The minimum atomic E-state index is -8.57. The second kappa shape index (κ2) is 8.76. The van der Waals surface area contributed by atoms with E-state index in [0.717, 1.165) is 11.4 Å². The molecule has 0 spiro atoms. The Labute approximate surface area is 188 Å². The van der Waals surface area contributed by atoms with Gasteiger partial charge < -0.3 is 5.32 Å². The summed E-state index contributed by atoms with van der Waals surface area (Å²) in [4.78, 5) is 11.4. The van der Waals surface area contributed by atoms with Gasteiger partial charge in [0.2, 0.25) is 0 Å². The maximum Gasteiger partial charge on any atom is 0.393 e. The molecule has 1 aromatic rings. The zero-order chi connectivity index (χ0) is 28.2. The third-order valence-corrected chi connectivity index (χ3v) is 4.79. The molecule has 0 aromatic heterocycles. The van der Waals surface area contributed by atoms with Gasteiger partial charge in [-0.05, 0) is 24.6 Å². The zero-order valence-electron chi connectivity index (χ0n) is 16.1. The monoisotopic (exact) mass is 569 g/mol. The van der Waals surface area contributed by atoms with Crippen molar-refractivity contribution < 1.29 is 75.0 Å². The lowest BCUT2D eigenvalue weighted by atomic mass is 9.89. The lowest BCUT2D eigenvalue weighted by molar-refractivity contribution is -0.443. The van der Waals surface area contributed by atoms with Gasteiger partial charge in [0.1, 0.15) is 0 Å². The number of carbonyl (C=O) groups excluding carboxylic acids is 1. The van der Waals surface area contributed by atoms with Crippen LogP contribution in [0, 0.1) is 6.92 Å². The van der Waals surface area contributed by atoms with E-state index >= 15 is 0 Å². The summed E-state index contributed by atoms with van der Waals surface area (Å²) in [6.07, 6.45) is -5.93. The fraction of sp³-hybridized carbons (Fsp3) is 0.562. The van der Waals surface area contributed by atoms with Crippen molar-refractivity contribution >= 4 is 23.2 Å². The molecule has 2 nitrogen and oxygen atoms in total. The van der Waals surface area contributed by atoms with Crippen molar-refractivity contribution in [1.82, 2.24) is 0 Å². The molecule has 1 N–H and O–H groups in total. The number of alkyl halides is 16. The minimum absolute atomic E-state index is 0.177. The van der Waals surface area contributed by atoms with E-state index in [1.807, 2.05) is 0 Å². The van der Waals surface area contributed by atoms with Gasteiger partial charge in [0.25, 0.3) is 0 Å². The van der Waals surface area contributed by atoms with E-state index in [1.54, 1.807) is 0 Å². The molecule has 0 saturated heterocycles. The molecule has 0 fully saturated rings. The molecule has 0 aliphatic rings. The summed E-state index contributed by atoms with van der Waals surface area (Å²) in [5.74, 6) is -59.9. The predicted octanol–water partition coefficient (Wildman–Crippen LogP) is 7.30. The van der Waals surface area contributed by atoms with Gasteiger partial charge in [0.05, 0.1) is 0 Å². The molecule has 202 valence electrons. The average molecular weight is 570 g/mol. The summed E-state index contributed by atoms with van der Waals surface area (Å²) in [6.45, 7) is 1.28. The Morgan fingerprint density at radius 2 is 1.14 bits per heavy atom. The van der Waals surface area contributed by atoms with Crippen LogP contribution in [0.5, 0.6) is 0 Å². The zero-order valence-corrected chi connectivity index (χ0v) is 16.9. The van der Waals surface area contributed by atoms with Crippen LogP contribution >= 0.6 is 11.6 Å². The standard InChI is InChI=1S/C16H8ClF16NO/c1-5-2-3-6(4-7(5)17)34-9(35)11(22,23)13(26,27)15(30,31)16(32,33)14(28,29)12(24,25)10(20,21)8(18)19/h2-4,8H,1H3,(H,34,35). The first kappa shape index (κ1) is 30.9. The number of rotatable bonds is 9. The van der Waals surface area contributed by atoms with E-state index in [2.05, 4.69) is 0 Å². The Hall–Kier alpha value is -2.14. The van der Waals surface area contributed by atoms with Crippen molar-refractivity contribution in [3.05, 3.63) is 28.8 Å². The smallest absolute Gasteiger partial charge is 0.321 e. The maximum atomic E-state index is 13.8. The first-order valence-corrected chi connectivity index (χ1v) is 8.63. The van der Waals surface area contributed by atoms with Gasteiger partial charge in [-0.25, -0.2) is 8.78 Å². The van der Waals surface area contributed by atoms with Crippen molar-refractivity contribution in [3.63, 3.8) is 0 Å². The molecule has 1 aromatic carbocycles. The van der Waals surface area contributed by atoms with Gasteiger partial charge in [0, 0.05) is 10.7 Å². The molecule has 0 heterocycles. The highest BCUT2D eigenvalue weighted by molar-refractivity contribution is 6.31. The molecule has 0 aliphatic carbocycles. The SMILES string of the molecule is Cc1ccc(NC(=O)C(F)(F)C(F)(F)C(F)(F)C(F)(F)C(F)(F)C(F)(F)C(F)(F)C(F)F)cc1Cl. The van der Waals surface area contributed by atoms with Crippen molar-refractivity contribution in [2.45, 2.75) is 54.8 Å². The summed E-state index contributed by atoms with van der Waals surface area (Å²) in [7, 11) is 0. The lowest BCUT2D eigenvalue weighted by Crippen LogP contribution is -2.74. The first-order valence-electron chi connectivity index (χ1n) is 8.25. The van der Waals surface area contributed by atoms with Crippen LogP contribution < -0.4 is 5.32 Å². The number of hydrogen-bond acceptors (Lipinski definition) is 1. The quantitative estimate of drug-likeness (QED) is 0.311. The van der Waals surface area contributed by atoms with E-state index in [4.69, 9.17) is 11.6 Å². The number of benzene rings is 1.